The van der Waals surface area contributed by atoms with Crippen LogP contribution >= 0.6 is 11.3 Å². The molecule has 7 heteroatoms. The normalized spacial score (nSPS) is 18.4. The van der Waals surface area contributed by atoms with Crippen molar-refractivity contribution in [3.8, 4) is 22.8 Å². The highest BCUT2D eigenvalue weighted by atomic mass is 32.1. The Labute approximate surface area is 197 Å². The predicted octanol–water partition coefficient (Wildman–Crippen LogP) is 5.71. The molecule has 3 heterocycles. The third-order valence-electron chi connectivity index (χ3n) is 6.18. The molecule has 0 spiro atoms. The molecular weight excluding hydrogens is 432 g/mol. The highest BCUT2D eigenvalue weighted by Gasteiger charge is 2.24. The molecule has 1 fully saturated rings. The topological polar surface area (TPSA) is 71.4 Å². The number of hydrogen-bond donors (Lipinski definition) is 1. The van der Waals surface area contributed by atoms with Crippen LogP contribution in [0, 0.1) is 5.92 Å². The van der Waals surface area contributed by atoms with Crippen LogP contribution in [0.3, 0.4) is 0 Å². The lowest BCUT2D eigenvalue weighted by Crippen LogP contribution is -2.26. The van der Waals surface area contributed by atoms with Gasteiger partial charge >= 0.3 is 0 Å². The fourth-order valence-corrected chi connectivity index (χ4v) is 5.41. The standard InChI is InChI=1S/C26H28N4O2S/c1-30(2)25-10-7-18(16-28-25)22-14-20(11-12-27-22)32-19-8-9-21-24(15-19)33-26(29-21)13-17-5-3-4-6-23(17)31/h7-12,14-17,23,31H,3-6,13H2,1-2H3/t17-,23+/m0/s1. The van der Waals surface area contributed by atoms with Gasteiger partial charge in [0.25, 0.3) is 0 Å². The third kappa shape index (κ3) is 4.99. The van der Waals surface area contributed by atoms with Crippen LogP contribution in [0.15, 0.2) is 54.9 Å². The van der Waals surface area contributed by atoms with E-state index in [0.29, 0.717) is 5.92 Å². The van der Waals surface area contributed by atoms with Crippen LogP contribution in [-0.2, 0) is 6.42 Å². The van der Waals surface area contributed by atoms with E-state index in [1.807, 2.05) is 67.7 Å². The maximum absolute atomic E-state index is 10.3. The van der Waals surface area contributed by atoms with Crippen LogP contribution in [0.4, 0.5) is 5.82 Å². The van der Waals surface area contributed by atoms with Gasteiger partial charge in [-0.3, -0.25) is 4.98 Å². The van der Waals surface area contributed by atoms with E-state index in [1.54, 1.807) is 17.5 Å². The van der Waals surface area contributed by atoms with Crippen molar-refractivity contribution in [3.63, 3.8) is 0 Å². The summed E-state index contributed by atoms with van der Waals surface area (Å²) in [4.78, 5) is 15.7. The summed E-state index contributed by atoms with van der Waals surface area (Å²) in [5.74, 6) is 2.73. The van der Waals surface area contributed by atoms with Gasteiger partial charge in [0.05, 0.1) is 27.0 Å². The highest BCUT2D eigenvalue weighted by Crippen LogP contribution is 2.33. The molecule has 1 aromatic carbocycles. The van der Waals surface area contributed by atoms with Crippen molar-refractivity contribution in [2.75, 3.05) is 19.0 Å². The van der Waals surface area contributed by atoms with Crippen molar-refractivity contribution >= 4 is 27.4 Å². The Morgan fingerprint density at radius 1 is 1.03 bits per heavy atom. The molecule has 0 saturated heterocycles. The van der Waals surface area contributed by atoms with Crippen molar-refractivity contribution < 1.29 is 9.84 Å². The minimum atomic E-state index is -0.195. The molecule has 1 saturated carbocycles. The van der Waals surface area contributed by atoms with Gasteiger partial charge in [0.1, 0.15) is 17.3 Å². The fraction of sp³-hybridized carbons (Fsp3) is 0.346. The Morgan fingerprint density at radius 2 is 1.88 bits per heavy atom. The summed E-state index contributed by atoms with van der Waals surface area (Å²) in [5, 5.41) is 11.4. The van der Waals surface area contributed by atoms with Crippen LogP contribution in [0.2, 0.25) is 0 Å². The van der Waals surface area contributed by atoms with Crippen LogP contribution < -0.4 is 9.64 Å². The van der Waals surface area contributed by atoms with E-state index in [1.165, 1.54) is 6.42 Å². The Morgan fingerprint density at radius 3 is 2.67 bits per heavy atom. The number of aliphatic hydroxyl groups excluding tert-OH is 1. The van der Waals surface area contributed by atoms with Crippen molar-refractivity contribution in [2.24, 2.45) is 5.92 Å². The zero-order chi connectivity index (χ0) is 22.8. The number of rotatable bonds is 6. The summed E-state index contributed by atoms with van der Waals surface area (Å²) >= 11 is 1.69. The van der Waals surface area contributed by atoms with E-state index >= 15 is 0 Å². The van der Waals surface area contributed by atoms with Gasteiger partial charge in [-0.1, -0.05) is 12.8 Å². The number of fused-ring (bicyclic) bond motifs is 1. The van der Waals surface area contributed by atoms with Crippen LogP contribution in [0.1, 0.15) is 30.7 Å². The molecule has 33 heavy (non-hydrogen) atoms. The van der Waals surface area contributed by atoms with Crippen LogP contribution in [0.25, 0.3) is 21.5 Å². The molecule has 4 aromatic rings. The fourth-order valence-electron chi connectivity index (χ4n) is 4.32. The quantitative estimate of drug-likeness (QED) is 0.398. The molecule has 0 aliphatic heterocycles. The molecule has 0 bridgehead atoms. The van der Waals surface area contributed by atoms with Gasteiger partial charge in [0, 0.05) is 50.6 Å². The third-order valence-corrected chi connectivity index (χ3v) is 7.22. The maximum atomic E-state index is 10.3. The first-order valence-corrected chi connectivity index (χ1v) is 12.2. The van der Waals surface area contributed by atoms with Crippen molar-refractivity contribution in [3.05, 3.63) is 59.9 Å². The molecule has 2 atom stereocenters. The molecule has 170 valence electrons. The summed E-state index contributed by atoms with van der Waals surface area (Å²) in [7, 11) is 3.94. The minimum Gasteiger partial charge on any atom is -0.457 e. The van der Waals surface area contributed by atoms with E-state index in [9.17, 15) is 5.11 Å². The lowest BCUT2D eigenvalue weighted by atomic mass is 9.84. The molecule has 0 unspecified atom stereocenters. The first-order valence-electron chi connectivity index (χ1n) is 11.4. The van der Waals surface area contributed by atoms with Gasteiger partial charge in [0.2, 0.25) is 0 Å². The van der Waals surface area contributed by atoms with Gasteiger partial charge < -0.3 is 14.7 Å². The predicted molar refractivity (Wildman–Crippen MR) is 133 cm³/mol. The largest absolute Gasteiger partial charge is 0.457 e. The molecule has 0 radical (unpaired) electrons. The molecule has 5 rings (SSSR count). The number of aromatic nitrogens is 3. The highest BCUT2D eigenvalue weighted by molar-refractivity contribution is 7.18. The number of nitrogens with zero attached hydrogens (tertiary/aromatic N) is 4. The zero-order valence-corrected chi connectivity index (χ0v) is 19.8. The Bertz CT molecular complexity index is 1240. The average Bonchev–Trinajstić information content (AvgIpc) is 3.22. The first-order chi connectivity index (χ1) is 16.0. The molecule has 1 aliphatic carbocycles. The van der Waals surface area contributed by atoms with Crippen LogP contribution in [-0.4, -0.2) is 40.3 Å². The van der Waals surface area contributed by atoms with Crippen molar-refractivity contribution in [1.29, 1.82) is 0 Å². The second kappa shape index (κ2) is 9.45. The lowest BCUT2D eigenvalue weighted by Gasteiger charge is -2.26. The number of anilines is 1. The van der Waals surface area contributed by atoms with E-state index in [0.717, 1.165) is 69.5 Å². The number of aliphatic hydroxyl groups is 1. The van der Waals surface area contributed by atoms with Gasteiger partial charge in [-0.15, -0.1) is 11.3 Å². The SMILES string of the molecule is CN(C)c1ccc(-c2cc(Oc3ccc4nc(C[C@@H]5CCCC[C@H]5O)sc4c3)ccn2)cn1. The molecular formula is C26H28N4O2S. The molecule has 6 nitrogen and oxygen atoms in total. The van der Waals surface area contributed by atoms with Crippen molar-refractivity contribution in [2.45, 2.75) is 38.2 Å². The van der Waals surface area contributed by atoms with E-state index in [-0.39, 0.29) is 6.10 Å². The van der Waals surface area contributed by atoms with Crippen molar-refractivity contribution in [1.82, 2.24) is 15.0 Å². The number of ether oxygens (including phenoxy) is 1. The van der Waals surface area contributed by atoms with E-state index in [2.05, 4.69) is 9.97 Å². The second-order valence-corrected chi connectivity index (χ2v) is 9.95. The van der Waals surface area contributed by atoms with Crippen LogP contribution in [0.5, 0.6) is 11.5 Å². The number of hydrogen-bond acceptors (Lipinski definition) is 7. The molecule has 3 aromatic heterocycles. The molecule has 1 N–H and O–H groups in total. The lowest BCUT2D eigenvalue weighted by molar-refractivity contribution is 0.0700. The summed E-state index contributed by atoms with van der Waals surface area (Å²) < 4.78 is 7.26. The Kier molecular flexibility index (Phi) is 6.24. The summed E-state index contributed by atoms with van der Waals surface area (Å²) in [5.41, 5.74) is 2.74. The minimum absolute atomic E-state index is 0.195. The molecule has 0 amide bonds. The second-order valence-electron chi connectivity index (χ2n) is 8.83. The Hall–Kier alpha value is -3.03. The Balaban J connectivity index is 1.32. The average molecular weight is 461 g/mol. The van der Waals surface area contributed by atoms with Gasteiger partial charge in [-0.25, -0.2) is 9.97 Å². The maximum Gasteiger partial charge on any atom is 0.131 e. The van der Waals surface area contributed by atoms with Gasteiger partial charge in [0.15, 0.2) is 0 Å². The smallest absolute Gasteiger partial charge is 0.131 e. The summed E-state index contributed by atoms with van der Waals surface area (Å²) in [6.45, 7) is 0. The first kappa shape index (κ1) is 21.8. The van der Waals surface area contributed by atoms with E-state index < -0.39 is 0 Å². The summed E-state index contributed by atoms with van der Waals surface area (Å²) in [6.07, 6.45) is 8.58. The number of benzene rings is 1. The summed E-state index contributed by atoms with van der Waals surface area (Å²) in [6, 6.07) is 13.8. The number of pyridine rings is 2. The zero-order valence-electron chi connectivity index (χ0n) is 18.9. The van der Waals surface area contributed by atoms with E-state index in [4.69, 9.17) is 9.72 Å². The monoisotopic (exact) mass is 460 g/mol. The molecule has 1 aliphatic rings. The van der Waals surface area contributed by atoms with Gasteiger partial charge in [-0.05, 0) is 49.1 Å². The van der Waals surface area contributed by atoms with Gasteiger partial charge in [-0.2, -0.15) is 0 Å². The number of thiazole rings is 1.